The van der Waals surface area contributed by atoms with Gasteiger partial charge in [-0.2, -0.15) is 9.67 Å². The summed E-state index contributed by atoms with van der Waals surface area (Å²) in [6, 6.07) is 7.78. The van der Waals surface area contributed by atoms with Gasteiger partial charge in [0.15, 0.2) is 5.82 Å². The van der Waals surface area contributed by atoms with Gasteiger partial charge in [-0.1, -0.05) is 36.8 Å². The Morgan fingerprint density at radius 3 is 2.61 bits per heavy atom. The topological polar surface area (TPSA) is 73.8 Å². The molecular formula is C13H16N4O. The van der Waals surface area contributed by atoms with E-state index >= 15 is 0 Å². The van der Waals surface area contributed by atoms with Crippen LogP contribution < -0.4 is 5.73 Å². The first-order valence-electron chi connectivity index (χ1n) is 5.94. The maximum atomic E-state index is 11.7. The highest BCUT2D eigenvalue weighted by Gasteiger charge is 2.13. The smallest absolute Gasteiger partial charge is 0.250 e. The van der Waals surface area contributed by atoms with E-state index in [0.717, 1.165) is 17.5 Å². The Hall–Kier alpha value is -2.17. The second-order valence-corrected chi connectivity index (χ2v) is 4.22. The Kier molecular flexibility index (Phi) is 3.41. The Morgan fingerprint density at radius 2 is 2.00 bits per heavy atom. The summed E-state index contributed by atoms with van der Waals surface area (Å²) in [6.07, 6.45) is 1.18. The number of hydrogen-bond acceptors (Lipinski definition) is 4. The van der Waals surface area contributed by atoms with Gasteiger partial charge in [0.2, 0.25) is 11.9 Å². The summed E-state index contributed by atoms with van der Waals surface area (Å²) < 4.78 is 1.18. The van der Waals surface area contributed by atoms with Crippen LogP contribution in [0.4, 0.5) is 5.95 Å². The first-order valence-corrected chi connectivity index (χ1v) is 5.94. The van der Waals surface area contributed by atoms with Crippen LogP contribution in [0.1, 0.15) is 30.1 Å². The van der Waals surface area contributed by atoms with Crippen LogP contribution in [0.2, 0.25) is 0 Å². The summed E-state index contributed by atoms with van der Waals surface area (Å²) in [4.78, 5) is 15.9. The number of rotatable bonds is 3. The molecular weight excluding hydrogens is 228 g/mol. The number of carbonyl (C=O) groups excluding carboxylic acids is 1. The van der Waals surface area contributed by atoms with E-state index in [4.69, 9.17) is 5.73 Å². The van der Waals surface area contributed by atoms with Crippen LogP contribution in [0.3, 0.4) is 0 Å². The van der Waals surface area contributed by atoms with E-state index in [1.165, 1.54) is 4.68 Å². The van der Waals surface area contributed by atoms with Gasteiger partial charge in [-0.05, 0) is 13.3 Å². The SMILES string of the molecule is CCCC(=O)n1nc(-c2ccc(C)cc2)nc1N. The molecule has 2 aromatic rings. The molecule has 1 aromatic heterocycles. The number of benzene rings is 1. The number of nitrogens with zero attached hydrogens (tertiary/aromatic N) is 3. The van der Waals surface area contributed by atoms with Crippen molar-refractivity contribution in [1.82, 2.24) is 14.8 Å². The predicted octanol–water partition coefficient (Wildman–Crippen LogP) is 2.28. The second kappa shape index (κ2) is 5.00. The average molecular weight is 244 g/mol. The standard InChI is InChI=1S/C13H16N4O/c1-3-4-11(18)17-13(14)15-12(16-17)10-7-5-9(2)6-8-10/h5-8H,3-4H2,1-2H3,(H2,14,15,16). The minimum absolute atomic E-state index is 0.124. The molecule has 0 aliphatic heterocycles. The van der Waals surface area contributed by atoms with Crippen molar-refractivity contribution in [1.29, 1.82) is 0 Å². The van der Waals surface area contributed by atoms with Gasteiger partial charge in [0, 0.05) is 12.0 Å². The number of nitrogen functional groups attached to an aromatic ring is 1. The van der Waals surface area contributed by atoms with Crippen molar-refractivity contribution in [3.63, 3.8) is 0 Å². The molecule has 0 radical (unpaired) electrons. The van der Waals surface area contributed by atoms with Gasteiger partial charge >= 0.3 is 0 Å². The summed E-state index contributed by atoms with van der Waals surface area (Å²) in [5, 5.41) is 4.16. The zero-order valence-corrected chi connectivity index (χ0v) is 10.6. The van der Waals surface area contributed by atoms with Crippen molar-refractivity contribution in [2.45, 2.75) is 26.7 Å². The van der Waals surface area contributed by atoms with Crippen molar-refractivity contribution in [3.05, 3.63) is 29.8 Å². The molecule has 5 nitrogen and oxygen atoms in total. The van der Waals surface area contributed by atoms with Crippen LogP contribution in [-0.4, -0.2) is 20.7 Å². The van der Waals surface area contributed by atoms with E-state index in [9.17, 15) is 4.79 Å². The minimum Gasteiger partial charge on any atom is -0.368 e. The van der Waals surface area contributed by atoms with Gasteiger partial charge in [-0.3, -0.25) is 4.79 Å². The molecule has 0 spiro atoms. The zero-order chi connectivity index (χ0) is 13.1. The van der Waals surface area contributed by atoms with Gasteiger partial charge in [-0.25, -0.2) is 0 Å². The average Bonchev–Trinajstić information content (AvgIpc) is 2.72. The lowest BCUT2D eigenvalue weighted by atomic mass is 10.1. The molecule has 0 aliphatic rings. The lowest BCUT2D eigenvalue weighted by Crippen LogP contribution is -2.14. The van der Waals surface area contributed by atoms with E-state index in [2.05, 4.69) is 10.1 Å². The van der Waals surface area contributed by atoms with E-state index < -0.39 is 0 Å². The molecule has 1 heterocycles. The van der Waals surface area contributed by atoms with E-state index in [-0.39, 0.29) is 11.9 Å². The minimum atomic E-state index is -0.124. The highest BCUT2D eigenvalue weighted by atomic mass is 16.2. The van der Waals surface area contributed by atoms with Crippen LogP contribution >= 0.6 is 0 Å². The molecule has 0 unspecified atom stereocenters. The quantitative estimate of drug-likeness (QED) is 0.898. The molecule has 0 fully saturated rings. The van der Waals surface area contributed by atoms with E-state index in [0.29, 0.717) is 12.2 Å². The zero-order valence-electron chi connectivity index (χ0n) is 10.6. The molecule has 1 aromatic carbocycles. The molecule has 0 amide bonds. The maximum Gasteiger partial charge on any atom is 0.250 e. The van der Waals surface area contributed by atoms with E-state index in [1.54, 1.807) is 0 Å². The number of hydrogen-bond donors (Lipinski definition) is 1. The van der Waals surface area contributed by atoms with Crippen molar-refractivity contribution in [2.75, 3.05) is 5.73 Å². The molecule has 18 heavy (non-hydrogen) atoms. The van der Waals surface area contributed by atoms with Crippen LogP contribution in [0.25, 0.3) is 11.4 Å². The number of aryl methyl sites for hydroxylation is 1. The molecule has 0 saturated carbocycles. The van der Waals surface area contributed by atoms with Gasteiger partial charge in [0.1, 0.15) is 0 Å². The molecule has 0 atom stereocenters. The van der Waals surface area contributed by atoms with Crippen LogP contribution in [0, 0.1) is 6.92 Å². The van der Waals surface area contributed by atoms with Gasteiger partial charge in [0.05, 0.1) is 0 Å². The molecule has 94 valence electrons. The van der Waals surface area contributed by atoms with Gasteiger partial charge in [0.25, 0.3) is 0 Å². The van der Waals surface area contributed by atoms with Crippen molar-refractivity contribution < 1.29 is 4.79 Å². The van der Waals surface area contributed by atoms with Crippen LogP contribution in [0.15, 0.2) is 24.3 Å². The van der Waals surface area contributed by atoms with Crippen LogP contribution in [-0.2, 0) is 0 Å². The third-order valence-electron chi connectivity index (χ3n) is 2.64. The first-order chi connectivity index (χ1) is 8.61. The Bertz CT molecular complexity index is 557. The van der Waals surface area contributed by atoms with Gasteiger partial charge < -0.3 is 5.73 Å². The number of aromatic nitrogens is 3. The normalized spacial score (nSPS) is 10.6. The fourth-order valence-corrected chi connectivity index (χ4v) is 1.65. The number of anilines is 1. The predicted molar refractivity (Wildman–Crippen MR) is 70.1 cm³/mol. The fourth-order valence-electron chi connectivity index (χ4n) is 1.65. The fraction of sp³-hybridized carbons (Fsp3) is 0.308. The molecule has 0 bridgehead atoms. The Labute approximate surface area is 106 Å². The second-order valence-electron chi connectivity index (χ2n) is 4.22. The maximum absolute atomic E-state index is 11.7. The number of nitrogens with two attached hydrogens (primary N) is 1. The first kappa shape index (κ1) is 12.3. The lowest BCUT2D eigenvalue weighted by Gasteiger charge is -1.98. The third-order valence-corrected chi connectivity index (χ3v) is 2.64. The van der Waals surface area contributed by atoms with Crippen molar-refractivity contribution >= 4 is 11.9 Å². The Balaban J connectivity index is 2.34. The third kappa shape index (κ3) is 2.40. The monoisotopic (exact) mass is 244 g/mol. The molecule has 2 rings (SSSR count). The van der Waals surface area contributed by atoms with Crippen LogP contribution in [0.5, 0.6) is 0 Å². The summed E-state index contributed by atoms with van der Waals surface area (Å²) >= 11 is 0. The molecule has 2 N–H and O–H groups in total. The highest BCUT2D eigenvalue weighted by Crippen LogP contribution is 2.17. The summed E-state index contributed by atoms with van der Waals surface area (Å²) in [5.74, 6) is 0.502. The van der Waals surface area contributed by atoms with E-state index in [1.807, 2.05) is 38.1 Å². The molecule has 5 heteroatoms. The largest absolute Gasteiger partial charge is 0.368 e. The van der Waals surface area contributed by atoms with Crippen molar-refractivity contribution in [2.24, 2.45) is 0 Å². The molecule has 0 saturated heterocycles. The van der Waals surface area contributed by atoms with Crippen molar-refractivity contribution in [3.8, 4) is 11.4 Å². The Morgan fingerprint density at radius 1 is 1.33 bits per heavy atom. The number of carbonyl (C=O) groups is 1. The molecule has 0 aliphatic carbocycles. The summed E-state index contributed by atoms with van der Waals surface area (Å²) in [6.45, 7) is 3.95. The summed E-state index contributed by atoms with van der Waals surface area (Å²) in [7, 11) is 0. The van der Waals surface area contributed by atoms with Gasteiger partial charge in [-0.15, -0.1) is 5.10 Å². The highest BCUT2D eigenvalue weighted by molar-refractivity contribution is 5.80. The lowest BCUT2D eigenvalue weighted by molar-refractivity contribution is 0.0889. The summed E-state index contributed by atoms with van der Waals surface area (Å²) in [5.41, 5.74) is 7.73.